The first-order valence-corrected chi connectivity index (χ1v) is 8.65. The molecule has 1 aromatic rings. The lowest BCUT2D eigenvalue weighted by Gasteiger charge is -2.48. The SMILES string of the molecule is COC(=O)[C@@H]1C(=O)C2=C(CC1(C)C)N1CCn3cccc3[C@H]1CC2=O. The molecule has 0 bridgehead atoms. The van der Waals surface area contributed by atoms with Gasteiger partial charge in [0.1, 0.15) is 5.92 Å². The van der Waals surface area contributed by atoms with Crippen LogP contribution in [0.15, 0.2) is 29.6 Å². The highest BCUT2D eigenvalue weighted by atomic mass is 16.5. The predicted octanol–water partition coefficient (Wildman–Crippen LogP) is 1.86. The van der Waals surface area contributed by atoms with E-state index in [2.05, 4.69) is 9.47 Å². The molecule has 1 aromatic heterocycles. The maximum atomic E-state index is 13.0. The van der Waals surface area contributed by atoms with Crippen LogP contribution >= 0.6 is 0 Å². The van der Waals surface area contributed by atoms with Crippen LogP contribution in [0.25, 0.3) is 0 Å². The molecule has 4 rings (SSSR count). The van der Waals surface area contributed by atoms with Gasteiger partial charge in [0.15, 0.2) is 11.6 Å². The fraction of sp³-hybridized carbons (Fsp3) is 0.526. The zero-order valence-corrected chi connectivity index (χ0v) is 14.7. The van der Waals surface area contributed by atoms with Crippen LogP contribution < -0.4 is 0 Å². The number of ether oxygens (including phenoxy) is 1. The van der Waals surface area contributed by atoms with Crippen molar-refractivity contribution in [2.24, 2.45) is 11.3 Å². The van der Waals surface area contributed by atoms with Crippen LogP contribution in [0.5, 0.6) is 0 Å². The summed E-state index contributed by atoms with van der Waals surface area (Å²) in [6.07, 6.45) is 2.84. The summed E-state index contributed by atoms with van der Waals surface area (Å²) >= 11 is 0. The van der Waals surface area contributed by atoms with E-state index in [0.29, 0.717) is 6.42 Å². The lowest BCUT2D eigenvalue weighted by molar-refractivity contribution is -0.154. The van der Waals surface area contributed by atoms with Crippen LogP contribution in [0.1, 0.15) is 38.4 Å². The molecule has 0 amide bonds. The third kappa shape index (κ3) is 2.19. The van der Waals surface area contributed by atoms with E-state index in [-0.39, 0.29) is 29.6 Å². The molecule has 0 unspecified atom stereocenters. The Morgan fingerprint density at radius 1 is 1.28 bits per heavy atom. The summed E-state index contributed by atoms with van der Waals surface area (Å²) in [4.78, 5) is 40.3. The average Bonchev–Trinajstić information content (AvgIpc) is 3.02. The van der Waals surface area contributed by atoms with Gasteiger partial charge < -0.3 is 14.2 Å². The Kier molecular flexibility index (Phi) is 3.42. The lowest BCUT2D eigenvalue weighted by atomic mass is 9.65. The van der Waals surface area contributed by atoms with Crippen molar-refractivity contribution in [3.63, 3.8) is 0 Å². The molecule has 0 radical (unpaired) electrons. The van der Waals surface area contributed by atoms with Gasteiger partial charge in [0.25, 0.3) is 0 Å². The number of fused-ring (bicyclic) bond motifs is 4. The van der Waals surface area contributed by atoms with Gasteiger partial charge in [-0.3, -0.25) is 14.4 Å². The molecule has 0 aromatic carbocycles. The van der Waals surface area contributed by atoms with Gasteiger partial charge in [0.05, 0.1) is 18.7 Å². The molecule has 3 heterocycles. The Labute approximate surface area is 146 Å². The Morgan fingerprint density at radius 2 is 2.04 bits per heavy atom. The van der Waals surface area contributed by atoms with E-state index < -0.39 is 17.3 Å². The number of esters is 1. The number of nitrogens with zero attached hydrogens (tertiary/aromatic N) is 2. The Morgan fingerprint density at radius 3 is 2.76 bits per heavy atom. The standard InChI is InChI=1S/C19H22N2O4/c1-19(2)10-13-15(17(23)16(19)18(24)25-3)14(22)9-12-11-5-4-6-20(11)7-8-21(12)13/h4-6,12,16H,7-10H2,1-3H3/t12-,16+/m1/s1. The van der Waals surface area contributed by atoms with Crippen LogP contribution in [0.3, 0.4) is 0 Å². The Bertz CT molecular complexity index is 817. The van der Waals surface area contributed by atoms with Crippen molar-refractivity contribution in [1.82, 2.24) is 9.47 Å². The summed E-state index contributed by atoms with van der Waals surface area (Å²) in [5.74, 6) is -1.99. The summed E-state index contributed by atoms with van der Waals surface area (Å²) in [7, 11) is 1.28. The molecule has 0 saturated carbocycles. The Balaban J connectivity index is 1.81. The maximum Gasteiger partial charge on any atom is 0.317 e. The lowest BCUT2D eigenvalue weighted by Crippen LogP contribution is -2.51. The number of rotatable bonds is 1. The smallest absolute Gasteiger partial charge is 0.317 e. The minimum absolute atomic E-state index is 0.0201. The normalized spacial score (nSPS) is 27.6. The second kappa shape index (κ2) is 5.31. The zero-order chi connectivity index (χ0) is 17.9. The molecule has 2 aliphatic heterocycles. The van der Waals surface area contributed by atoms with Gasteiger partial charge in [-0.25, -0.2) is 0 Å². The number of carbonyl (C=O) groups excluding carboxylic acids is 3. The number of methoxy groups -OCH3 is 1. The summed E-state index contributed by atoms with van der Waals surface area (Å²) in [6.45, 7) is 5.40. The zero-order valence-electron chi connectivity index (χ0n) is 14.7. The quantitative estimate of drug-likeness (QED) is 0.443. The number of allylic oxidation sites excluding steroid dienone is 2. The van der Waals surface area contributed by atoms with Crippen molar-refractivity contribution >= 4 is 17.5 Å². The fourth-order valence-electron chi connectivity index (χ4n) is 4.63. The Hall–Kier alpha value is -2.37. The molecular weight excluding hydrogens is 320 g/mol. The molecule has 0 N–H and O–H groups in total. The highest BCUT2D eigenvalue weighted by molar-refractivity contribution is 6.26. The van der Waals surface area contributed by atoms with Crippen molar-refractivity contribution in [1.29, 1.82) is 0 Å². The summed E-state index contributed by atoms with van der Waals surface area (Å²) in [6, 6.07) is 4.02. The van der Waals surface area contributed by atoms with E-state index >= 15 is 0 Å². The van der Waals surface area contributed by atoms with Gasteiger partial charge >= 0.3 is 5.97 Å². The van der Waals surface area contributed by atoms with Gasteiger partial charge in [0, 0.05) is 37.1 Å². The van der Waals surface area contributed by atoms with Crippen LogP contribution in [0.4, 0.5) is 0 Å². The predicted molar refractivity (Wildman–Crippen MR) is 89.4 cm³/mol. The molecule has 2 atom stereocenters. The fourth-order valence-corrected chi connectivity index (χ4v) is 4.63. The molecule has 6 heteroatoms. The van der Waals surface area contributed by atoms with E-state index in [1.54, 1.807) is 0 Å². The van der Waals surface area contributed by atoms with Gasteiger partial charge in [-0.2, -0.15) is 0 Å². The summed E-state index contributed by atoms with van der Waals surface area (Å²) < 4.78 is 7.02. The van der Waals surface area contributed by atoms with Crippen molar-refractivity contribution < 1.29 is 19.1 Å². The van der Waals surface area contributed by atoms with Crippen molar-refractivity contribution in [2.75, 3.05) is 13.7 Å². The molecular formula is C19H22N2O4. The minimum atomic E-state index is -0.912. The first kappa shape index (κ1) is 16.1. The molecule has 25 heavy (non-hydrogen) atoms. The number of carbonyl (C=O) groups is 3. The maximum absolute atomic E-state index is 13.0. The average molecular weight is 342 g/mol. The number of aromatic nitrogens is 1. The highest BCUT2D eigenvalue weighted by Gasteiger charge is 2.52. The van der Waals surface area contributed by atoms with Crippen molar-refractivity contribution in [3.05, 3.63) is 35.3 Å². The number of hydrogen-bond donors (Lipinski definition) is 0. The van der Waals surface area contributed by atoms with Crippen LogP contribution in [0, 0.1) is 11.3 Å². The van der Waals surface area contributed by atoms with E-state index in [0.717, 1.165) is 24.5 Å². The monoisotopic (exact) mass is 342 g/mol. The summed E-state index contributed by atoms with van der Waals surface area (Å²) in [5, 5.41) is 0. The molecule has 0 saturated heterocycles. The second-order valence-corrected chi connectivity index (χ2v) is 7.77. The molecule has 6 nitrogen and oxygen atoms in total. The molecule has 3 aliphatic rings. The molecule has 132 valence electrons. The molecule has 1 aliphatic carbocycles. The number of ketones is 2. The van der Waals surface area contributed by atoms with Crippen LogP contribution in [-0.4, -0.2) is 40.7 Å². The molecule has 0 fully saturated rings. The van der Waals surface area contributed by atoms with Crippen LogP contribution in [-0.2, 0) is 25.7 Å². The van der Waals surface area contributed by atoms with Crippen molar-refractivity contribution in [2.45, 2.75) is 39.3 Å². The van der Waals surface area contributed by atoms with Gasteiger partial charge in [-0.15, -0.1) is 0 Å². The van der Waals surface area contributed by atoms with Crippen molar-refractivity contribution in [3.8, 4) is 0 Å². The minimum Gasteiger partial charge on any atom is -0.468 e. The van der Waals surface area contributed by atoms with Crippen LogP contribution in [0.2, 0.25) is 0 Å². The molecule has 0 spiro atoms. The van der Waals surface area contributed by atoms with Gasteiger partial charge in [-0.1, -0.05) is 13.8 Å². The first-order chi connectivity index (χ1) is 11.8. The highest BCUT2D eigenvalue weighted by Crippen LogP contribution is 2.49. The van der Waals surface area contributed by atoms with E-state index in [1.165, 1.54) is 7.11 Å². The van der Waals surface area contributed by atoms with Gasteiger partial charge in [0.2, 0.25) is 0 Å². The number of hydrogen-bond acceptors (Lipinski definition) is 5. The second-order valence-electron chi connectivity index (χ2n) is 7.77. The van der Waals surface area contributed by atoms with E-state index in [9.17, 15) is 14.4 Å². The third-order valence-electron chi connectivity index (χ3n) is 5.81. The summed E-state index contributed by atoms with van der Waals surface area (Å²) in [5.41, 5.74) is 1.58. The third-order valence-corrected chi connectivity index (χ3v) is 5.81. The van der Waals surface area contributed by atoms with Gasteiger partial charge in [-0.05, 0) is 24.0 Å². The number of Topliss-reactive ketones (excluding diaryl/α,β-unsaturated/α-hetero) is 2. The first-order valence-electron chi connectivity index (χ1n) is 8.65. The topological polar surface area (TPSA) is 68.6 Å². The van der Waals surface area contributed by atoms with E-state index in [1.807, 2.05) is 32.2 Å². The largest absolute Gasteiger partial charge is 0.468 e. The van der Waals surface area contributed by atoms with E-state index in [4.69, 9.17) is 4.74 Å².